The second-order valence-electron chi connectivity index (χ2n) is 6.77. The first kappa shape index (κ1) is 19.8. The number of carbonyl (C=O) groups excluding carboxylic acids is 1. The first-order chi connectivity index (χ1) is 15.0. The molecule has 31 heavy (non-hydrogen) atoms. The number of rotatable bonds is 6. The fraction of sp³-hybridized carbons (Fsp3) is 0.0455. The van der Waals surface area contributed by atoms with Crippen LogP contribution in [-0.2, 0) is 0 Å². The summed E-state index contributed by atoms with van der Waals surface area (Å²) in [5.41, 5.74) is 6.79. The molecule has 0 unspecified atom stereocenters. The van der Waals surface area contributed by atoms with Gasteiger partial charge in [0.15, 0.2) is 0 Å². The van der Waals surface area contributed by atoms with Crippen LogP contribution in [0.2, 0.25) is 0 Å². The van der Waals surface area contributed by atoms with Crippen LogP contribution in [0.15, 0.2) is 73.1 Å². The molecular weight excluding hydrogens is 396 g/mol. The number of aromatic nitrogens is 2. The van der Waals surface area contributed by atoms with Crippen LogP contribution < -0.4 is 16.2 Å². The van der Waals surface area contributed by atoms with Crippen molar-refractivity contribution >= 4 is 39.7 Å². The van der Waals surface area contributed by atoms with E-state index >= 15 is 0 Å². The summed E-state index contributed by atoms with van der Waals surface area (Å²) in [6.45, 7) is 1.94. The second-order valence-corrected chi connectivity index (χ2v) is 6.77. The third-order valence-corrected chi connectivity index (χ3v) is 4.65. The highest BCUT2D eigenvalue weighted by atomic mass is 16.6. The average molecular weight is 414 g/mol. The van der Waals surface area contributed by atoms with Gasteiger partial charge in [-0.25, -0.2) is 9.97 Å². The van der Waals surface area contributed by atoms with E-state index in [2.05, 4.69) is 26.1 Å². The largest absolute Gasteiger partial charge is 0.355 e. The van der Waals surface area contributed by atoms with Gasteiger partial charge in [-0.3, -0.25) is 25.8 Å². The van der Waals surface area contributed by atoms with Crippen molar-refractivity contribution in [3.05, 3.63) is 94.3 Å². The summed E-state index contributed by atoms with van der Waals surface area (Å²) in [6, 6.07) is 20.1. The van der Waals surface area contributed by atoms with Crippen molar-refractivity contribution < 1.29 is 9.72 Å². The Hall–Kier alpha value is -4.53. The fourth-order valence-corrected chi connectivity index (χ4v) is 3.11. The van der Waals surface area contributed by atoms with Crippen molar-refractivity contribution in [1.82, 2.24) is 15.4 Å². The van der Waals surface area contributed by atoms with Crippen LogP contribution >= 0.6 is 0 Å². The minimum Gasteiger partial charge on any atom is -0.334 e. The van der Waals surface area contributed by atoms with E-state index in [1.807, 2.05) is 49.4 Å². The zero-order valence-electron chi connectivity index (χ0n) is 16.5. The number of hydrogen-bond donors (Lipinski definition) is 3. The maximum absolute atomic E-state index is 12.7. The smallest absolute Gasteiger partial charge is 0.334 e. The first-order valence-corrected chi connectivity index (χ1v) is 9.40. The predicted octanol–water partition coefficient (Wildman–Crippen LogP) is 4.35. The van der Waals surface area contributed by atoms with Crippen molar-refractivity contribution in [2.45, 2.75) is 6.92 Å². The number of nitro groups is 1. The third-order valence-electron chi connectivity index (χ3n) is 4.65. The summed E-state index contributed by atoms with van der Waals surface area (Å²) in [5, 5.41) is 16.3. The molecule has 4 rings (SSSR count). The van der Waals surface area contributed by atoms with Crippen LogP contribution in [0.3, 0.4) is 0 Å². The van der Waals surface area contributed by atoms with Crippen molar-refractivity contribution in [2.75, 3.05) is 10.7 Å². The van der Waals surface area contributed by atoms with E-state index in [-0.39, 0.29) is 17.3 Å². The Morgan fingerprint density at radius 2 is 1.65 bits per heavy atom. The van der Waals surface area contributed by atoms with E-state index < -0.39 is 10.8 Å². The van der Waals surface area contributed by atoms with Gasteiger partial charge >= 0.3 is 5.69 Å². The lowest BCUT2D eigenvalue weighted by atomic mass is 10.0. The van der Waals surface area contributed by atoms with E-state index in [1.54, 1.807) is 24.3 Å². The first-order valence-electron chi connectivity index (χ1n) is 9.40. The van der Waals surface area contributed by atoms with Crippen LogP contribution in [-0.4, -0.2) is 20.8 Å². The summed E-state index contributed by atoms with van der Waals surface area (Å²) < 4.78 is 0. The molecule has 3 aromatic carbocycles. The van der Waals surface area contributed by atoms with Crippen molar-refractivity contribution in [3.63, 3.8) is 0 Å². The van der Waals surface area contributed by atoms with E-state index in [1.165, 1.54) is 6.33 Å². The topological polar surface area (TPSA) is 122 Å². The van der Waals surface area contributed by atoms with Gasteiger partial charge in [0.2, 0.25) is 11.6 Å². The van der Waals surface area contributed by atoms with Crippen LogP contribution in [0, 0.1) is 17.0 Å². The highest BCUT2D eigenvalue weighted by Gasteiger charge is 2.24. The summed E-state index contributed by atoms with van der Waals surface area (Å²) >= 11 is 0. The van der Waals surface area contributed by atoms with Gasteiger partial charge < -0.3 is 5.32 Å². The van der Waals surface area contributed by atoms with Gasteiger partial charge in [0.1, 0.15) is 6.33 Å². The molecule has 0 fully saturated rings. The molecule has 3 N–H and O–H groups in total. The lowest BCUT2D eigenvalue weighted by molar-refractivity contribution is -0.383. The molecule has 0 radical (unpaired) electrons. The monoisotopic (exact) mass is 414 g/mol. The molecule has 0 saturated carbocycles. The lowest BCUT2D eigenvalue weighted by Gasteiger charge is -2.12. The molecule has 154 valence electrons. The summed E-state index contributed by atoms with van der Waals surface area (Å²) in [5.74, 6) is -0.577. The van der Waals surface area contributed by atoms with E-state index in [4.69, 9.17) is 0 Å². The molecule has 1 aromatic heterocycles. The molecule has 9 nitrogen and oxygen atoms in total. The number of aryl methyl sites for hydroxylation is 1. The molecule has 1 amide bonds. The Morgan fingerprint density at radius 1 is 0.935 bits per heavy atom. The summed E-state index contributed by atoms with van der Waals surface area (Å²) in [7, 11) is 0. The number of nitrogens with one attached hydrogen (secondary N) is 3. The minimum atomic E-state index is -0.608. The number of fused-ring (bicyclic) bond motifs is 1. The molecule has 4 aromatic rings. The number of amides is 1. The zero-order chi connectivity index (χ0) is 21.8. The Bertz CT molecular complexity index is 1270. The molecule has 0 aliphatic rings. The van der Waals surface area contributed by atoms with E-state index in [0.29, 0.717) is 11.3 Å². The Kier molecular flexibility index (Phi) is 5.39. The maximum atomic E-state index is 12.7. The third kappa shape index (κ3) is 4.25. The van der Waals surface area contributed by atoms with Gasteiger partial charge in [0.25, 0.3) is 5.91 Å². The maximum Gasteiger partial charge on any atom is 0.355 e. The van der Waals surface area contributed by atoms with E-state index in [9.17, 15) is 14.9 Å². The molecule has 9 heteroatoms. The van der Waals surface area contributed by atoms with Crippen LogP contribution in [0.25, 0.3) is 10.8 Å². The van der Waals surface area contributed by atoms with Gasteiger partial charge in [-0.2, -0.15) is 0 Å². The fourth-order valence-electron chi connectivity index (χ4n) is 3.11. The number of hydrogen-bond acceptors (Lipinski definition) is 7. The van der Waals surface area contributed by atoms with Crippen molar-refractivity contribution in [1.29, 1.82) is 0 Å². The highest BCUT2D eigenvalue weighted by Crippen LogP contribution is 2.30. The molecule has 0 aliphatic heterocycles. The molecule has 1 heterocycles. The number of hydrazine groups is 1. The van der Waals surface area contributed by atoms with Gasteiger partial charge in [-0.15, -0.1) is 0 Å². The molecular formula is C22H18N6O3. The van der Waals surface area contributed by atoms with E-state index in [0.717, 1.165) is 16.3 Å². The predicted molar refractivity (Wildman–Crippen MR) is 118 cm³/mol. The van der Waals surface area contributed by atoms with Gasteiger partial charge in [-0.05, 0) is 35.9 Å². The number of anilines is 3. The molecule has 0 spiro atoms. The van der Waals surface area contributed by atoms with Crippen LogP contribution in [0.5, 0.6) is 0 Å². The quantitative estimate of drug-likeness (QED) is 0.317. The molecule has 0 bridgehead atoms. The molecule has 0 atom stereocenters. The lowest BCUT2D eigenvalue weighted by Crippen LogP contribution is -2.30. The minimum absolute atomic E-state index is 0.00534. The van der Waals surface area contributed by atoms with Gasteiger partial charge in [0.05, 0.1) is 4.92 Å². The number of nitrogens with zero attached hydrogens (tertiary/aromatic N) is 3. The molecule has 0 saturated heterocycles. The normalized spacial score (nSPS) is 10.5. The Morgan fingerprint density at radius 3 is 2.42 bits per heavy atom. The zero-order valence-corrected chi connectivity index (χ0v) is 16.5. The Balaban J connectivity index is 1.58. The van der Waals surface area contributed by atoms with Crippen LogP contribution in [0.4, 0.5) is 23.0 Å². The van der Waals surface area contributed by atoms with Crippen molar-refractivity contribution in [3.8, 4) is 0 Å². The van der Waals surface area contributed by atoms with Crippen molar-refractivity contribution in [2.24, 2.45) is 0 Å². The standard InChI is InChI=1S/C22H18N6O3/c1-14-9-11-16(12-10-14)25-20-19(28(30)31)21(24-13-23-20)26-27-22(29)18-8-4-6-15-5-2-3-7-17(15)18/h2-13H,1H3,(H,27,29)(H2,23,24,25,26). The highest BCUT2D eigenvalue weighted by molar-refractivity contribution is 6.07. The second kappa shape index (κ2) is 8.46. The van der Waals surface area contributed by atoms with Crippen LogP contribution in [0.1, 0.15) is 15.9 Å². The van der Waals surface area contributed by atoms with Gasteiger partial charge in [0, 0.05) is 11.3 Å². The van der Waals surface area contributed by atoms with Gasteiger partial charge in [-0.1, -0.05) is 54.1 Å². The number of benzene rings is 3. The molecule has 0 aliphatic carbocycles. The number of carbonyl (C=O) groups is 1. The Labute approximate surface area is 177 Å². The summed E-state index contributed by atoms with van der Waals surface area (Å²) in [4.78, 5) is 31.7. The average Bonchev–Trinajstić information content (AvgIpc) is 2.78. The summed E-state index contributed by atoms with van der Waals surface area (Å²) in [6.07, 6.45) is 1.18. The SMILES string of the molecule is Cc1ccc(Nc2ncnc(NNC(=O)c3cccc4ccccc34)c2[N+](=O)[O-])cc1.